The average Bonchev–Trinajstić information content (AvgIpc) is 2.74. The summed E-state index contributed by atoms with van der Waals surface area (Å²) in [6.45, 7) is 7.35. The SMILES string of the molecule is C=CCc1cc(/C=N/NC(=O)C(NC(=O)c2ccccc2)C(C)C)cc(OC)c1O. The lowest BCUT2D eigenvalue weighted by Gasteiger charge is -2.20. The number of hydrazone groups is 1. The van der Waals surface area contributed by atoms with E-state index in [1.54, 1.807) is 42.5 Å². The third-order valence-electron chi connectivity index (χ3n) is 4.42. The predicted molar refractivity (Wildman–Crippen MR) is 117 cm³/mol. The van der Waals surface area contributed by atoms with Crippen LogP contribution in [0.15, 0.2) is 60.2 Å². The maximum Gasteiger partial charge on any atom is 0.262 e. The summed E-state index contributed by atoms with van der Waals surface area (Å²) < 4.78 is 5.17. The molecule has 7 heteroatoms. The van der Waals surface area contributed by atoms with E-state index in [1.165, 1.54) is 13.3 Å². The Morgan fingerprint density at radius 3 is 2.53 bits per heavy atom. The molecule has 0 aliphatic carbocycles. The highest BCUT2D eigenvalue weighted by atomic mass is 16.5. The number of carbonyl (C=O) groups excluding carboxylic acids is 2. The number of benzene rings is 2. The first-order valence-corrected chi connectivity index (χ1v) is 9.57. The number of nitrogens with one attached hydrogen (secondary N) is 2. The number of phenolic OH excluding ortho intramolecular Hbond substituents is 1. The van der Waals surface area contributed by atoms with Crippen LogP contribution in [0.25, 0.3) is 0 Å². The third-order valence-corrected chi connectivity index (χ3v) is 4.42. The minimum Gasteiger partial charge on any atom is -0.504 e. The number of carbonyl (C=O) groups is 2. The lowest BCUT2D eigenvalue weighted by atomic mass is 10.0. The van der Waals surface area contributed by atoms with Crippen LogP contribution in [0.2, 0.25) is 0 Å². The van der Waals surface area contributed by atoms with Crippen LogP contribution in [0.3, 0.4) is 0 Å². The summed E-state index contributed by atoms with van der Waals surface area (Å²) in [6, 6.07) is 11.3. The van der Waals surface area contributed by atoms with Gasteiger partial charge < -0.3 is 15.2 Å². The van der Waals surface area contributed by atoms with Crippen LogP contribution in [0, 0.1) is 5.92 Å². The number of allylic oxidation sites excluding steroid dienone is 1. The largest absolute Gasteiger partial charge is 0.504 e. The highest BCUT2D eigenvalue weighted by molar-refractivity contribution is 5.97. The molecular formula is C23H27N3O4. The molecule has 0 heterocycles. The molecule has 0 radical (unpaired) electrons. The number of ether oxygens (including phenoxy) is 1. The van der Waals surface area contributed by atoms with Gasteiger partial charge in [0.1, 0.15) is 6.04 Å². The molecule has 3 N–H and O–H groups in total. The van der Waals surface area contributed by atoms with Gasteiger partial charge >= 0.3 is 0 Å². The van der Waals surface area contributed by atoms with Crippen LogP contribution in [0.1, 0.15) is 35.3 Å². The highest BCUT2D eigenvalue weighted by Gasteiger charge is 2.24. The van der Waals surface area contributed by atoms with Crippen molar-refractivity contribution < 1.29 is 19.4 Å². The van der Waals surface area contributed by atoms with Gasteiger partial charge in [-0.3, -0.25) is 9.59 Å². The quantitative estimate of drug-likeness (QED) is 0.337. The summed E-state index contributed by atoms with van der Waals surface area (Å²) in [5.41, 5.74) is 4.21. The molecule has 0 bridgehead atoms. The summed E-state index contributed by atoms with van der Waals surface area (Å²) in [6.07, 6.45) is 3.57. The first-order chi connectivity index (χ1) is 14.4. The maximum absolute atomic E-state index is 12.6. The van der Waals surface area contributed by atoms with E-state index in [0.717, 1.165) is 0 Å². The Balaban J connectivity index is 2.10. The monoisotopic (exact) mass is 409 g/mol. The van der Waals surface area contributed by atoms with Gasteiger partial charge in [-0.25, -0.2) is 5.43 Å². The van der Waals surface area contributed by atoms with Crippen molar-refractivity contribution in [3.8, 4) is 11.5 Å². The van der Waals surface area contributed by atoms with Crippen LogP contribution >= 0.6 is 0 Å². The molecule has 158 valence electrons. The van der Waals surface area contributed by atoms with Gasteiger partial charge in [0.05, 0.1) is 13.3 Å². The summed E-state index contributed by atoms with van der Waals surface area (Å²) in [5.74, 6) is -0.548. The molecule has 2 aromatic carbocycles. The smallest absolute Gasteiger partial charge is 0.262 e. The molecule has 2 rings (SSSR count). The Hall–Kier alpha value is -3.61. The molecule has 0 aromatic heterocycles. The van der Waals surface area contributed by atoms with Gasteiger partial charge in [0.2, 0.25) is 0 Å². The van der Waals surface area contributed by atoms with E-state index < -0.39 is 11.9 Å². The Morgan fingerprint density at radius 1 is 1.23 bits per heavy atom. The fourth-order valence-corrected chi connectivity index (χ4v) is 2.82. The summed E-state index contributed by atoms with van der Waals surface area (Å²) in [5, 5.41) is 16.9. The molecule has 0 fully saturated rings. The van der Waals surface area contributed by atoms with Crippen LogP contribution in [0.4, 0.5) is 0 Å². The van der Waals surface area contributed by atoms with Crippen LogP contribution in [0.5, 0.6) is 11.5 Å². The van der Waals surface area contributed by atoms with Gasteiger partial charge in [0.25, 0.3) is 11.8 Å². The van der Waals surface area contributed by atoms with E-state index in [4.69, 9.17) is 4.74 Å². The van der Waals surface area contributed by atoms with Gasteiger partial charge in [-0.1, -0.05) is 38.1 Å². The number of amides is 2. The number of hydrogen-bond acceptors (Lipinski definition) is 5. The third kappa shape index (κ3) is 5.94. The lowest BCUT2D eigenvalue weighted by Crippen LogP contribution is -2.48. The second-order valence-corrected chi connectivity index (χ2v) is 7.02. The lowest BCUT2D eigenvalue weighted by molar-refractivity contribution is -0.123. The number of phenols is 1. The Morgan fingerprint density at radius 2 is 1.93 bits per heavy atom. The fourth-order valence-electron chi connectivity index (χ4n) is 2.82. The first kappa shape index (κ1) is 22.7. The molecular weight excluding hydrogens is 382 g/mol. The topological polar surface area (TPSA) is 100 Å². The molecule has 0 saturated carbocycles. The summed E-state index contributed by atoms with van der Waals surface area (Å²) >= 11 is 0. The van der Waals surface area contributed by atoms with Crippen molar-refractivity contribution in [2.75, 3.05) is 7.11 Å². The number of methoxy groups -OCH3 is 1. The van der Waals surface area contributed by atoms with E-state index in [0.29, 0.717) is 28.9 Å². The molecule has 7 nitrogen and oxygen atoms in total. The minimum atomic E-state index is -0.750. The van der Waals surface area contributed by atoms with Gasteiger partial charge in [0, 0.05) is 11.1 Å². The van der Waals surface area contributed by atoms with Crippen molar-refractivity contribution in [3.63, 3.8) is 0 Å². The number of nitrogens with zero attached hydrogens (tertiary/aromatic N) is 1. The second kappa shape index (κ2) is 10.8. The number of aromatic hydroxyl groups is 1. The van der Waals surface area contributed by atoms with Crippen molar-refractivity contribution in [2.45, 2.75) is 26.3 Å². The molecule has 0 aliphatic rings. The molecule has 2 aromatic rings. The van der Waals surface area contributed by atoms with E-state index in [2.05, 4.69) is 22.4 Å². The predicted octanol–water partition coefficient (Wildman–Crippen LogP) is 3.03. The normalized spacial score (nSPS) is 11.9. The van der Waals surface area contributed by atoms with Crippen LogP contribution < -0.4 is 15.5 Å². The molecule has 1 atom stereocenters. The molecule has 30 heavy (non-hydrogen) atoms. The summed E-state index contributed by atoms with van der Waals surface area (Å²) in [7, 11) is 1.46. The Labute approximate surface area is 176 Å². The highest BCUT2D eigenvalue weighted by Crippen LogP contribution is 2.31. The fraction of sp³-hybridized carbons (Fsp3) is 0.261. The first-order valence-electron chi connectivity index (χ1n) is 9.57. The van der Waals surface area contributed by atoms with Crippen molar-refractivity contribution in [1.29, 1.82) is 0 Å². The molecule has 0 spiro atoms. The van der Waals surface area contributed by atoms with Gasteiger partial charge in [-0.2, -0.15) is 5.10 Å². The van der Waals surface area contributed by atoms with Crippen LogP contribution in [-0.4, -0.2) is 36.3 Å². The van der Waals surface area contributed by atoms with E-state index in [9.17, 15) is 14.7 Å². The maximum atomic E-state index is 12.6. The van der Waals surface area contributed by atoms with Crippen molar-refractivity contribution >= 4 is 18.0 Å². The van der Waals surface area contributed by atoms with Gasteiger partial charge in [-0.05, 0) is 42.2 Å². The van der Waals surface area contributed by atoms with Crippen LogP contribution in [-0.2, 0) is 11.2 Å². The molecule has 2 amide bonds. The van der Waals surface area contributed by atoms with Crippen molar-refractivity contribution in [3.05, 3.63) is 71.8 Å². The Kier molecular flexibility index (Phi) is 8.17. The van der Waals surface area contributed by atoms with Crippen molar-refractivity contribution in [1.82, 2.24) is 10.7 Å². The second-order valence-electron chi connectivity index (χ2n) is 7.02. The van der Waals surface area contributed by atoms with Gasteiger partial charge in [-0.15, -0.1) is 6.58 Å². The van der Waals surface area contributed by atoms with E-state index >= 15 is 0 Å². The van der Waals surface area contributed by atoms with E-state index in [1.807, 2.05) is 19.9 Å². The summed E-state index contributed by atoms with van der Waals surface area (Å²) in [4.78, 5) is 25.0. The molecule has 0 saturated heterocycles. The molecule has 1 unspecified atom stereocenters. The zero-order valence-electron chi connectivity index (χ0n) is 17.4. The minimum absolute atomic E-state index is 0.0436. The standard InChI is InChI=1S/C23H27N3O4/c1-5-9-18-12-16(13-19(30-4)21(18)27)14-24-26-23(29)20(15(2)3)25-22(28)17-10-7-6-8-11-17/h5-8,10-15,20,27H,1,9H2,2-4H3,(H,25,28)(H,26,29)/b24-14+. The number of hydrogen-bond donors (Lipinski definition) is 3. The number of rotatable bonds is 9. The Bertz CT molecular complexity index is 924. The average molecular weight is 409 g/mol. The zero-order chi connectivity index (χ0) is 22.1. The van der Waals surface area contributed by atoms with Crippen molar-refractivity contribution in [2.24, 2.45) is 11.0 Å². The van der Waals surface area contributed by atoms with Gasteiger partial charge in [0.15, 0.2) is 11.5 Å². The molecule has 0 aliphatic heterocycles. The van der Waals surface area contributed by atoms with E-state index in [-0.39, 0.29) is 17.6 Å². The zero-order valence-corrected chi connectivity index (χ0v) is 17.4.